The number of hydrogen-bond acceptors (Lipinski definition) is 2. The van der Waals surface area contributed by atoms with Gasteiger partial charge in [-0.25, -0.2) is 4.39 Å². The summed E-state index contributed by atoms with van der Waals surface area (Å²) < 4.78 is 13.3. The van der Waals surface area contributed by atoms with Crippen LogP contribution in [0.1, 0.15) is 48.0 Å². The van der Waals surface area contributed by atoms with Gasteiger partial charge in [-0.05, 0) is 43.0 Å². The summed E-state index contributed by atoms with van der Waals surface area (Å²) >= 11 is 0. The van der Waals surface area contributed by atoms with Gasteiger partial charge in [-0.1, -0.05) is 43.3 Å². The highest BCUT2D eigenvalue weighted by Crippen LogP contribution is 2.24. The topological polar surface area (TPSA) is 49.4 Å². The minimum Gasteiger partial charge on any atom is -0.349 e. The van der Waals surface area contributed by atoms with E-state index in [2.05, 4.69) is 5.32 Å². The van der Waals surface area contributed by atoms with Crippen molar-refractivity contribution >= 4 is 11.8 Å². The van der Waals surface area contributed by atoms with Crippen LogP contribution < -0.4 is 5.32 Å². The molecular formula is C22H25FN2O2. The molecule has 0 saturated carbocycles. The Morgan fingerprint density at radius 1 is 1.11 bits per heavy atom. The second kappa shape index (κ2) is 8.80. The van der Waals surface area contributed by atoms with Gasteiger partial charge in [0.25, 0.3) is 5.91 Å². The highest BCUT2D eigenvalue weighted by Gasteiger charge is 2.28. The monoisotopic (exact) mass is 368 g/mol. The summed E-state index contributed by atoms with van der Waals surface area (Å²) in [4.78, 5) is 27.1. The van der Waals surface area contributed by atoms with Crippen LogP contribution in [0.15, 0.2) is 54.6 Å². The number of piperidine rings is 1. The molecular weight excluding hydrogens is 343 g/mol. The highest BCUT2D eigenvalue weighted by atomic mass is 19.1. The summed E-state index contributed by atoms with van der Waals surface area (Å²) in [7, 11) is 0. The first-order valence-electron chi connectivity index (χ1n) is 9.48. The number of hydrogen-bond donors (Lipinski definition) is 1. The van der Waals surface area contributed by atoms with Crippen LogP contribution in [0.4, 0.5) is 4.39 Å². The van der Waals surface area contributed by atoms with Gasteiger partial charge in [0.15, 0.2) is 0 Å². The fraction of sp³-hybridized carbons (Fsp3) is 0.364. The number of carbonyl (C=O) groups excluding carboxylic acids is 2. The maximum absolute atomic E-state index is 13.3. The second-order valence-corrected chi connectivity index (χ2v) is 6.95. The third-order valence-corrected chi connectivity index (χ3v) is 5.14. The van der Waals surface area contributed by atoms with Crippen LogP contribution in [0.2, 0.25) is 0 Å². The first kappa shape index (κ1) is 19.1. The lowest BCUT2D eigenvalue weighted by Crippen LogP contribution is -2.47. The highest BCUT2D eigenvalue weighted by molar-refractivity contribution is 5.94. The molecule has 1 aliphatic rings. The molecule has 0 aliphatic carbocycles. The molecule has 0 spiro atoms. The third kappa shape index (κ3) is 4.73. The van der Waals surface area contributed by atoms with Crippen molar-refractivity contribution in [3.05, 3.63) is 71.5 Å². The van der Waals surface area contributed by atoms with E-state index >= 15 is 0 Å². The predicted octanol–water partition coefficient (Wildman–Crippen LogP) is 3.74. The van der Waals surface area contributed by atoms with Gasteiger partial charge in [0.05, 0.1) is 5.92 Å². The molecule has 27 heavy (non-hydrogen) atoms. The van der Waals surface area contributed by atoms with Crippen LogP contribution in [0.5, 0.6) is 0 Å². The van der Waals surface area contributed by atoms with E-state index < -0.39 is 5.82 Å². The van der Waals surface area contributed by atoms with Gasteiger partial charge < -0.3 is 10.2 Å². The van der Waals surface area contributed by atoms with Crippen LogP contribution in [0.25, 0.3) is 0 Å². The first-order chi connectivity index (χ1) is 13.1. The zero-order valence-electron chi connectivity index (χ0n) is 15.5. The Morgan fingerprint density at radius 3 is 2.44 bits per heavy atom. The quantitative estimate of drug-likeness (QED) is 0.874. The molecule has 0 radical (unpaired) electrons. The fourth-order valence-electron chi connectivity index (χ4n) is 3.60. The zero-order chi connectivity index (χ0) is 19.2. The molecule has 2 aromatic carbocycles. The fourth-order valence-corrected chi connectivity index (χ4v) is 3.60. The van der Waals surface area contributed by atoms with Crippen molar-refractivity contribution in [3.8, 4) is 0 Å². The number of likely N-dealkylation sites (tertiary alicyclic amines) is 1. The van der Waals surface area contributed by atoms with E-state index in [-0.39, 0.29) is 23.8 Å². The largest absolute Gasteiger partial charge is 0.349 e. The molecule has 3 rings (SSSR count). The molecule has 1 aliphatic heterocycles. The number of carbonyl (C=O) groups is 2. The van der Waals surface area contributed by atoms with Crippen LogP contribution in [-0.4, -0.2) is 35.8 Å². The van der Waals surface area contributed by atoms with Crippen molar-refractivity contribution in [2.75, 3.05) is 13.1 Å². The zero-order valence-corrected chi connectivity index (χ0v) is 15.5. The maximum Gasteiger partial charge on any atom is 0.251 e. The molecule has 1 fully saturated rings. The van der Waals surface area contributed by atoms with Crippen LogP contribution in [-0.2, 0) is 4.79 Å². The number of nitrogens with one attached hydrogen (secondary N) is 1. The van der Waals surface area contributed by atoms with E-state index in [0.717, 1.165) is 12.0 Å². The van der Waals surface area contributed by atoms with Gasteiger partial charge in [-0.2, -0.15) is 0 Å². The number of amides is 2. The van der Waals surface area contributed by atoms with Crippen molar-refractivity contribution in [1.29, 1.82) is 0 Å². The molecule has 2 amide bonds. The lowest BCUT2D eigenvalue weighted by atomic mass is 9.93. The molecule has 0 bridgehead atoms. The Kier molecular flexibility index (Phi) is 6.22. The first-order valence-corrected chi connectivity index (χ1v) is 9.48. The standard InChI is InChI=1S/C22H25FN2O2/c1-2-20(16-7-4-3-5-8-16)22(27)25-13-11-19(12-14-25)24-21(26)17-9-6-10-18(23)15-17/h3-10,15,19-20H,2,11-14H2,1H3,(H,24,26)/t20-/m1/s1. The van der Waals surface area contributed by atoms with Gasteiger partial charge in [-0.15, -0.1) is 0 Å². The van der Waals surface area contributed by atoms with Crippen molar-refractivity contribution in [2.24, 2.45) is 0 Å². The summed E-state index contributed by atoms with van der Waals surface area (Å²) in [5, 5.41) is 2.95. The lowest BCUT2D eigenvalue weighted by molar-refractivity contribution is -0.134. The second-order valence-electron chi connectivity index (χ2n) is 6.95. The Morgan fingerprint density at radius 2 is 1.81 bits per heavy atom. The molecule has 0 unspecified atom stereocenters. The molecule has 1 atom stereocenters. The van der Waals surface area contributed by atoms with E-state index in [1.807, 2.05) is 42.2 Å². The van der Waals surface area contributed by atoms with Gasteiger partial charge in [0.2, 0.25) is 5.91 Å². The Labute approximate surface area is 159 Å². The molecule has 5 heteroatoms. The smallest absolute Gasteiger partial charge is 0.251 e. The van der Waals surface area contributed by atoms with Crippen molar-refractivity contribution in [1.82, 2.24) is 10.2 Å². The SMILES string of the molecule is CC[C@@H](C(=O)N1CCC(NC(=O)c2cccc(F)c2)CC1)c1ccccc1. The lowest BCUT2D eigenvalue weighted by Gasteiger charge is -2.34. The average molecular weight is 368 g/mol. The van der Waals surface area contributed by atoms with E-state index in [1.165, 1.54) is 18.2 Å². The minimum absolute atomic E-state index is 0.00150. The summed E-state index contributed by atoms with van der Waals surface area (Å²) in [6.45, 7) is 3.27. The van der Waals surface area contributed by atoms with E-state index in [4.69, 9.17) is 0 Å². The molecule has 1 saturated heterocycles. The molecule has 1 heterocycles. The Balaban J connectivity index is 1.55. The maximum atomic E-state index is 13.3. The molecule has 4 nitrogen and oxygen atoms in total. The minimum atomic E-state index is -0.422. The van der Waals surface area contributed by atoms with Crippen LogP contribution in [0.3, 0.4) is 0 Å². The third-order valence-electron chi connectivity index (χ3n) is 5.14. The molecule has 0 aromatic heterocycles. The van der Waals surface area contributed by atoms with Gasteiger partial charge in [0, 0.05) is 24.7 Å². The van der Waals surface area contributed by atoms with Gasteiger partial charge in [0.1, 0.15) is 5.82 Å². The van der Waals surface area contributed by atoms with E-state index in [1.54, 1.807) is 6.07 Å². The number of halogens is 1. The molecule has 2 aromatic rings. The van der Waals surface area contributed by atoms with Crippen LogP contribution in [0, 0.1) is 5.82 Å². The van der Waals surface area contributed by atoms with Crippen LogP contribution >= 0.6 is 0 Å². The Hall–Kier alpha value is -2.69. The van der Waals surface area contributed by atoms with E-state index in [9.17, 15) is 14.0 Å². The summed E-state index contributed by atoms with van der Waals surface area (Å²) in [6, 6.07) is 15.5. The molecule has 142 valence electrons. The van der Waals surface area contributed by atoms with Gasteiger partial charge >= 0.3 is 0 Å². The molecule has 1 N–H and O–H groups in total. The summed E-state index contributed by atoms with van der Waals surface area (Å²) in [5.74, 6) is -0.659. The van der Waals surface area contributed by atoms with Crippen molar-refractivity contribution in [3.63, 3.8) is 0 Å². The van der Waals surface area contributed by atoms with E-state index in [0.29, 0.717) is 31.5 Å². The number of benzene rings is 2. The average Bonchev–Trinajstić information content (AvgIpc) is 2.70. The Bertz CT molecular complexity index is 786. The van der Waals surface area contributed by atoms with Crippen molar-refractivity contribution < 1.29 is 14.0 Å². The predicted molar refractivity (Wildman–Crippen MR) is 103 cm³/mol. The normalized spacial score (nSPS) is 16.0. The summed E-state index contributed by atoms with van der Waals surface area (Å²) in [5.41, 5.74) is 1.37. The summed E-state index contributed by atoms with van der Waals surface area (Å²) in [6.07, 6.45) is 2.18. The van der Waals surface area contributed by atoms with Crippen molar-refractivity contribution in [2.45, 2.75) is 38.1 Å². The van der Waals surface area contributed by atoms with Gasteiger partial charge in [-0.3, -0.25) is 9.59 Å². The number of rotatable bonds is 5. The number of nitrogens with zero attached hydrogens (tertiary/aromatic N) is 1.